The zero-order valence-corrected chi connectivity index (χ0v) is 11.0. The van der Waals surface area contributed by atoms with Gasteiger partial charge in [0.05, 0.1) is 11.2 Å². The smallest absolute Gasteiger partial charge is 0.256 e. The molecule has 0 aliphatic rings. The Kier molecular flexibility index (Phi) is 4.19. The molecular weight excluding hydrogens is 232 g/mol. The molecule has 1 rings (SSSR count). The number of aromatic hydroxyl groups is 1. The number of amides is 1. The van der Waals surface area contributed by atoms with Crippen LogP contribution in [0.4, 0.5) is 5.69 Å². The molecule has 0 fully saturated rings. The van der Waals surface area contributed by atoms with Gasteiger partial charge in [-0.05, 0) is 39.0 Å². The Labute approximate surface area is 107 Å². The van der Waals surface area contributed by atoms with E-state index in [9.17, 15) is 15.0 Å². The summed E-state index contributed by atoms with van der Waals surface area (Å²) >= 11 is 0. The quantitative estimate of drug-likeness (QED) is 0.555. The second-order valence-electron chi connectivity index (χ2n) is 4.90. The van der Waals surface area contributed by atoms with Gasteiger partial charge in [-0.15, -0.1) is 0 Å². The molecule has 0 atom stereocenters. The average Bonchev–Trinajstić information content (AvgIpc) is 2.27. The summed E-state index contributed by atoms with van der Waals surface area (Å²) in [6.07, 6.45) is 0. The van der Waals surface area contributed by atoms with Gasteiger partial charge in [-0.2, -0.15) is 0 Å². The zero-order chi connectivity index (χ0) is 13.9. The van der Waals surface area contributed by atoms with Crippen molar-refractivity contribution in [1.29, 1.82) is 0 Å². The summed E-state index contributed by atoms with van der Waals surface area (Å²) in [5.41, 5.74) is 5.31. The molecule has 0 aromatic heterocycles. The molecule has 0 bridgehead atoms. The minimum atomic E-state index is -0.975. The Morgan fingerprint density at radius 2 is 2.06 bits per heavy atom. The molecule has 0 aliphatic heterocycles. The predicted octanol–water partition coefficient (Wildman–Crippen LogP) is 1.21. The van der Waals surface area contributed by atoms with Crippen LogP contribution in [0.5, 0.6) is 5.75 Å². The topological polar surface area (TPSA) is 86.8 Å². The van der Waals surface area contributed by atoms with Gasteiger partial charge in [0.25, 0.3) is 5.91 Å². The van der Waals surface area contributed by atoms with E-state index in [0.717, 1.165) is 0 Å². The van der Waals surface area contributed by atoms with Crippen LogP contribution in [0.3, 0.4) is 0 Å². The van der Waals surface area contributed by atoms with Crippen LogP contribution in [0.15, 0.2) is 18.2 Å². The third kappa shape index (κ3) is 3.63. The summed E-state index contributed by atoms with van der Waals surface area (Å²) in [5, 5.41) is 19.2. The molecule has 100 valence electrons. The van der Waals surface area contributed by atoms with Gasteiger partial charge in [0.2, 0.25) is 0 Å². The third-order valence-electron chi connectivity index (χ3n) is 2.51. The Morgan fingerprint density at radius 3 is 2.56 bits per heavy atom. The standard InChI is InChI=1S/C13H20N2O3/c1-4-15(8-13(2,3)18)12(17)10-7-9(16)5-6-11(10)14/h5-7,16,18H,4,8,14H2,1-3H3. The first kappa shape index (κ1) is 14.3. The summed E-state index contributed by atoms with van der Waals surface area (Å²) in [7, 11) is 0. The van der Waals surface area contributed by atoms with Crippen molar-refractivity contribution in [3.63, 3.8) is 0 Å². The molecule has 1 aromatic rings. The minimum absolute atomic E-state index is 0.00754. The van der Waals surface area contributed by atoms with Crippen LogP contribution >= 0.6 is 0 Å². The second-order valence-corrected chi connectivity index (χ2v) is 4.90. The largest absolute Gasteiger partial charge is 0.508 e. The predicted molar refractivity (Wildman–Crippen MR) is 70.4 cm³/mol. The first-order valence-electron chi connectivity index (χ1n) is 5.84. The molecule has 1 aromatic carbocycles. The van der Waals surface area contributed by atoms with Gasteiger partial charge in [-0.3, -0.25) is 4.79 Å². The van der Waals surface area contributed by atoms with E-state index in [4.69, 9.17) is 5.73 Å². The SMILES string of the molecule is CCN(CC(C)(C)O)C(=O)c1cc(O)ccc1N. The van der Waals surface area contributed by atoms with Gasteiger partial charge in [0, 0.05) is 18.8 Å². The van der Waals surface area contributed by atoms with Crippen molar-refractivity contribution in [2.75, 3.05) is 18.8 Å². The van der Waals surface area contributed by atoms with Crippen molar-refractivity contribution < 1.29 is 15.0 Å². The number of carbonyl (C=O) groups excluding carboxylic acids is 1. The van der Waals surface area contributed by atoms with E-state index in [2.05, 4.69) is 0 Å². The van der Waals surface area contributed by atoms with Gasteiger partial charge < -0.3 is 20.8 Å². The summed E-state index contributed by atoms with van der Waals surface area (Å²) in [6.45, 7) is 5.75. The Bertz CT molecular complexity index is 438. The second kappa shape index (κ2) is 5.27. The molecule has 4 N–H and O–H groups in total. The fourth-order valence-electron chi connectivity index (χ4n) is 1.69. The van der Waals surface area contributed by atoms with Gasteiger partial charge >= 0.3 is 0 Å². The van der Waals surface area contributed by atoms with E-state index in [0.29, 0.717) is 12.2 Å². The van der Waals surface area contributed by atoms with Crippen LogP contribution < -0.4 is 5.73 Å². The molecule has 0 saturated heterocycles. The van der Waals surface area contributed by atoms with Crippen molar-refractivity contribution in [3.8, 4) is 5.75 Å². The van der Waals surface area contributed by atoms with Crippen molar-refractivity contribution >= 4 is 11.6 Å². The van der Waals surface area contributed by atoms with E-state index < -0.39 is 5.60 Å². The highest BCUT2D eigenvalue weighted by Crippen LogP contribution is 2.21. The monoisotopic (exact) mass is 252 g/mol. The molecule has 18 heavy (non-hydrogen) atoms. The number of nitrogen functional groups attached to an aromatic ring is 1. The minimum Gasteiger partial charge on any atom is -0.508 e. The lowest BCUT2D eigenvalue weighted by atomic mass is 10.1. The molecular formula is C13H20N2O3. The number of aliphatic hydroxyl groups is 1. The molecule has 0 radical (unpaired) electrons. The first-order chi connectivity index (χ1) is 8.24. The molecule has 5 heteroatoms. The number of hydrogen-bond acceptors (Lipinski definition) is 4. The molecule has 0 saturated carbocycles. The van der Waals surface area contributed by atoms with Crippen molar-refractivity contribution in [1.82, 2.24) is 4.90 Å². The molecule has 0 aliphatic carbocycles. The molecule has 0 heterocycles. The third-order valence-corrected chi connectivity index (χ3v) is 2.51. The maximum atomic E-state index is 12.3. The van der Waals surface area contributed by atoms with Gasteiger partial charge in [0.1, 0.15) is 5.75 Å². The molecule has 0 spiro atoms. The van der Waals surface area contributed by atoms with E-state index in [-0.39, 0.29) is 23.8 Å². The highest BCUT2D eigenvalue weighted by molar-refractivity contribution is 5.99. The molecule has 5 nitrogen and oxygen atoms in total. The average molecular weight is 252 g/mol. The summed E-state index contributed by atoms with van der Waals surface area (Å²) in [4.78, 5) is 13.7. The number of rotatable bonds is 4. The number of phenolic OH excluding ortho intramolecular Hbond substituents is 1. The number of carbonyl (C=O) groups is 1. The maximum absolute atomic E-state index is 12.3. The van der Waals surface area contributed by atoms with Gasteiger partial charge in [0.15, 0.2) is 0 Å². The summed E-state index contributed by atoms with van der Waals surface area (Å²) in [6, 6.07) is 4.25. The fraction of sp³-hybridized carbons (Fsp3) is 0.462. The maximum Gasteiger partial charge on any atom is 0.256 e. The van der Waals surface area contributed by atoms with Crippen LogP contribution in [0.2, 0.25) is 0 Å². The number of nitrogens with two attached hydrogens (primary N) is 1. The van der Waals surface area contributed by atoms with E-state index in [1.54, 1.807) is 13.8 Å². The van der Waals surface area contributed by atoms with Crippen LogP contribution in [0.1, 0.15) is 31.1 Å². The number of benzene rings is 1. The zero-order valence-electron chi connectivity index (χ0n) is 11.0. The fourth-order valence-corrected chi connectivity index (χ4v) is 1.69. The van der Waals surface area contributed by atoms with Crippen molar-refractivity contribution in [2.45, 2.75) is 26.4 Å². The van der Waals surface area contributed by atoms with E-state index in [1.807, 2.05) is 6.92 Å². The van der Waals surface area contributed by atoms with Crippen LogP contribution in [-0.2, 0) is 0 Å². The summed E-state index contributed by atoms with van der Waals surface area (Å²) in [5.74, 6) is -0.306. The highest BCUT2D eigenvalue weighted by Gasteiger charge is 2.23. The van der Waals surface area contributed by atoms with Gasteiger partial charge in [-0.1, -0.05) is 0 Å². The van der Waals surface area contributed by atoms with E-state index >= 15 is 0 Å². The van der Waals surface area contributed by atoms with Crippen LogP contribution in [-0.4, -0.2) is 39.7 Å². The van der Waals surface area contributed by atoms with E-state index in [1.165, 1.54) is 23.1 Å². The lowest BCUT2D eigenvalue weighted by Gasteiger charge is -2.28. The summed E-state index contributed by atoms with van der Waals surface area (Å²) < 4.78 is 0. The Morgan fingerprint density at radius 1 is 1.44 bits per heavy atom. The normalized spacial score (nSPS) is 11.3. The number of likely N-dealkylation sites (N-methyl/N-ethyl adjacent to an activating group) is 1. The number of nitrogens with zero attached hydrogens (tertiary/aromatic N) is 1. The van der Waals surface area contributed by atoms with Crippen molar-refractivity contribution in [2.24, 2.45) is 0 Å². The Balaban J connectivity index is 3.00. The first-order valence-corrected chi connectivity index (χ1v) is 5.84. The number of hydrogen-bond donors (Lipinski definition) is 3. The lowest BCUT2D eigenvalue weighted by Crippen LogP contribution is -2.42. The molecule has 1 amide bonds. The molecule has 0 unspecified atom stereocenters. The highest BCUT2D eigenvalue weighted by atomic mass is 16.3. The van der Waals surface area contributed by atoms with Crippen LogP contribution in [0, 0.1) is 0 Å². The number of phenols is 1. The Hall–Kier alpha value is -1.75. The number of anilines is 1. The van der Waals surface area contributed by atoms with Gasteiger partial charge in [-0.25, -0.2) is 0 Å². The van der Waals surface area contributed by atoms with Crippen LogP contribution in [0.25, 0.3) is 0 Å². The van der Waals surface area contributed by atoms with Crippen molar-refractivity contribution in [3.05, 3.63) is 23.8 Å². The lowest BCUT2D eigenvalue weighted by molar-refractivity contribution is 0.0315.